The highest BCUT2D eigenvalue weighted by Gasteiger charge is 2.34. The number of nitrogens with zero attached hydrogens (tertiary/aromatic N) is 2. The lowest BCUT2D eigenvalue weighted by Crippen LogP contribution is -2.39. The lowest BCUT2D eigenvalue weighted by molar-refractivity contribution is 0.0778. The van der Waals surface area contributed by atoms with Gasteiger partial charge in [0.15, 0.2) is 0 Å². The molecule has 1 aromatic rings. The fourth-order valence-corrected chi connectivity index (χ4v) is 3.19. The van der Waals surface area contributed by atoms with Crippen molar-refractivity contribution in [3.63, 3.8) is 0 Å². The minimum absolute atomic E-state index is 0.561. The van der Waals surface area contributed by atoms with E-state index in [4.69, 9.17) is 0 Å². The summed E-state index contributed by atoms with van der Waals surface area (Å²) in [6, 6.07) is 4.94. The summed E-state index contributed by atoms with van der Waals surface area (Å²) in [5.41, 5.74) is 1.88. The van der Waals surface area contributed by atoms with Crippen LogP contribution in [0.15, 0.2) is 24.5 Å². The van der Waals surface area contributed by atoms with Gasteiger partial charge in [-0.15, -0.1) is 0 Å². The van der Waals surface area contributed by atoms with E-state index in [1.165, 1.54) is 31.2 Å². The highest BCUT2D eigenvalue weighted by Crippen LogP contribution is 2.42. The number of hydrogen-bond donors (Lipinski definition) is 0. The van der Waals surface area contributed by atoms with Crippen LogP contribution in [0, 0.1) is 11.3 Å². The van der Waals surface area contributed by atoms with Crippen molar-refractivity contribution in [1.82, 2.24) is 9.88 Å². The van der Waals surface area contributed by atoms with Crippen LogP contribution in [-0.4, -0.2) is 23.0 Å². The van der Waals surface area contributed by atoms with E-state index < -0.39 is 0 Å². The molecule has 0 radical (unpaired) electrons. The molecule has 0 bridgehead atoms. The fraction of sp³-hybridized carbons (Fsp3) is 0.706. The van der Waals surface area contributed by atoms with Crippen LogP contribution in [0.25, 0.3) is 0 Å². The molecule has 1 aliphatic carbocycles. The van der Waals surface area contributed by atoms with E-state index in [1.807, 2.05) is 18.5 Å². The predicted molar refractivity (Wildman–Crippen MR) is 80.9 cm³/mol. The molecule has 1 aliphatic rings. The van der Waals surface area contributed by atoms with Crippen molar-refractivity contribution in [1.29, 1.82) is 0 Å². The molecule has 0 saturated heterocycles. The van der Waals surface area contributed by atoms with E-state index in [-0.39, 0.29) is 0 Å². The third kappa shape index (κ3) is 3.56. The summed E-state index contributed by atoms with van der Waals surface area (Å²) >= 11 is 0. The first-order valence-corrected chi connectivity index (χ1v) is 7.60. The van der Waals surface area contributed by atoms with E-state index in [0.29, 0.717) is 5.41 Å². The van der Waals surface area contributed by atoms with Crippen LogP contribution in [0.1, 0.15) is 52.0 Å². The molecule has 1 fully saturated rings. The second-order valence-corrected chi connectivity index (χ2v) is 6.82. The van der Waals surface area contributed by atoms with E-state index >= 15 is 0 Å². The summed E-state index contributed by atoms with van der Waals surface area (Å²) in [6.45, 7) is 8.24. The summed E-state index contributed by atoms with van der Waals surface area (Å²) in [4.78, 5) is 6.71. The lowest BCUT2D eigenvalue weighted by Gasteiger charge is -2.43. The average molecular weight is 260 g/mol. The molecule has 0 atom stereocenters. The molecule has 0 unspecified atom stereocenters. The summed E-state index contributed by atoms with van der Waals surface area (Å²) in [6.07, 6.45) is 9.24. The smallest absolute Gasteiger partial charge is 0.0312 e. The van der Waals surface area contributed by atoms with Crippen LogP contribution in [0.3, 0.4) is 0 Å². The van der Waals surface area contributed by atoms with Gasteiger partial charge in [0.1, 0.15) is 0 Å². The van der Waals surface area contributed by atoms with Gasteiger partial charge in [-0.25, -0.2) is 0 Å². The largest absolute Gasteiger partial charge is 0.299 e. The van der Waals surface area contributed by atoms with Crippen molar-refractivity contribution in [3.05, 3.63) is 30.1 Å². The molecule has 0 spiro atoms. The topological polar surface area (TPSA) is 16.1 Å². The Balaban J connectivity index is 1.88. The second kappa shape index (κ2) is 6.04. The van der Waals surface area contributed by atoms with Gasteiger partial charge in [-0.2, -0.15) is 0 Å². The molecule has 0 aromatic carbocycles. The van der Waals surface area contributed by atoms with Crippen molar-refractivity contribution in [3.8, 4) is 0 Å². The Hall–Kier alpha value is -0.890. The average Bonchev–Trinajstić information content (AvgIpc) is 2.40. The van der Waals surface area contributed by atoms with Crippen LogP contribution in [-0.2, 0) is 6.54 Å². The molecule has 0 amide bonds. The first-order valence-electron chi connectivity index (χ1n) is 7.60. The molecule has 0 N–H and O–H groups in total. The maximum atomic E-state index is 4.20. The van der Waals surface area contributed by atoms with E-state index in [9.17, 15) is 0 Å². The van der Waals surface area contributed by atoms with Crippen molar-refractivity contribution in [2.45, 2.75) is 59.0 Å². The minimum Gasteiger partial charge on any atom is -0.299 e. The third-order valence-corrected chi connectivity index (χ3v) is 5.27. The molecule has 1 saturated carbocycles. The molecule has 19 heavy (non-hydrogen) atoms. The first-order chi connectivity index (χ1) is 9.01. The van der Waals surface area contributed by atoms with Gasteiger partial charge < -0.3 is 0 Å². The number of rotatable bonds is 4. The van der Waals surface area contributed by atoms with Crippen LogP contribution in [0.4, 0.5) is 0 Å². The van der Waals surface area contributed by atoms with Gasteiger partial charge in [-0.1, -0.05) is 26.8 Å². The predicted octanol–water partition coefficient (Wildman–Crippen LogP) is 4.12. The van der Waals surface area contributed by atoms with Gasteiger partial charge in [0.2, 0.25) is 0 Å². The summed E-state index contributed by atoms with van der Waals surface area (Å²) in [7, 11) is 2.26. The molecular weight excluding hydrogens is 232 g/mol. The van der Waals surface area contributed by atoms with Crippen LogP contribution in [0.2, 0.25) is 0 Å². The monoisotopic (exact) mass is 260 g/mol. The Morgan fingerprint density at radius 2 is 2.05 bits per heavy atom. The zero-order chi connectivity index (χ0) is 13.9. The summed E-state index contributed by atoms with van der Waals surface area (Å²) in [5, 5.41) is 0. The lowest BCUT2D eigenvalue weighted by atomic mass is 9.67. The molecular formula is C17H28N2. The summed E-state index contributed by atoms with van der Waals surface area (Å²) < 4.78 is 0. The summed E-state index contributed by atoms with van der Waals surface area (Å²) in [5.74, 6) is 0.803. The highest BCUT2D eigenvalue weighted by molar-refractivity contribution is 5.08. The van der Waals surface area contributed by atoms with Crippen LogP contribution < -0.4 is 0 Å². The zero-order valence-electron chi connectivity index (χ0n) is 12.9. The van der Waals surface area contributed by atoms with Crippen molar-refractivity contribution in [2.24, 2.45) is 11.3 Å². The minimum atomic E-state index is 0.561. The van der Waals surface area contributed by atoms with Crippen molar-refractivity contribution >= 4 is 0 Å². The Morgan fingerprint density at radius 3 is 2.58 bits per heavy atom. The molecule has 2 heteroatoms. The Morgan fingerprint density at radius 1 is 1.37 bits per heavy atom. The SMILES string of the molecule is CC(C)C1(C)CCC(N(C)Cc2cccnc2)CC1. The first kappa shape index (κ1) is 14.5. The van der Waals surface area contributed by atoms with Crippen molar-refractivity contribution < 1.29 is 0 Å². The van der Waals surface area contributed by atoms with E-state index in [0.717, 1.165) is 18.5 Å². The molecule has 1 heterocycles. The molecule has 106 valence electrons. The third-order valence-electron chi connectivity index (χ3n) is 5.27. The van der Waals surface area contributed by atoms with Gasteiger partial charge in [-0.3, -0.25) is 9.88 Å². The quantitative estimate of drug-likeness (QED) is 0.809. The van der Waals surface area contributed by atoms with Crippen LogP contribution >= 0.6 is 0 Å². The van der Waals surface area contributed by atoms with Gasteiger partial charge in [0.05, 0.1) is 0 Å². The normalized spacial score (nSPS) is 28.0. The van der Waals surface area contributed by atoms with Crippen molar-refractivity contribution in [2.75, 3.05) is 7.05 Å². The molecule has 1 aromatic heterocycles. The standard InChI is InChI=1S/C17H28N2/c1-14(2)17(3)9-7-16(8-10-17)19(4)13-15-6-5-11-18-12-15/h5-6,11-12,14,16H,7-10,13H2,1-4H3. The maximum absolute atomic E-state index is 4.20. The Labute approximate surface area is 118 Å². The molecule has 2 nitrogen and oxygen atoms in total. The van der Waals surface area contributed by atoms with Gasteiger partial charge in [-0.05, 0) is 55.7 Å². The number of pyridine rings is 1. The number of aromatic nitrogens is 1. The van der Waals surface area contributed by atoms with Gasteiger partial charge >= 0.3 is 0 Å². The highest BCUT2D eigenvalue weighted by atomic mass is 15.1. The molecule has 2 rings (SSSR count). The van der Waals surface area contributed by atoms with E-state index in [2.05, 4.69) is 43.8 Å². The molecule has 0 aliphatic heterocycles. The second-order valence-electron chi connectivity index (χ2n) is 6.82. The maximum Gasteiger partial charge on any atom is 0.0312 e. The number of hydrogen-bond acceptors (Lipinski definition) is 2. The van der Waals surface area contributed by atoms with Gasteiger partial charge in [0, 0.05) is 25.0 Å². The van der Waals surface area contributed by atoms with Gasteiger partial charge in [0.25, 0.3) is 0 Å². The zero-order valence-corrected chi connectivity index (χ0v) is 12.9. The Bertz CT molecular complexity index is 378. The Kier molecular flexibility index (Phi) is 4.62. The fourth-order valence-electron chi connectivity index (χ4n) is 3.19. The van der Waals surface area contributed by atoms with E-state index in [1.54, 1.807) is 0 Å². The van der Waals surface area contributed by atoms with Crippen LogP contribution in [0.5, 0.6) is 0 Å².